The molecule has 26 heavy (non-hydrogen) atoms. The van der Waals surface area contributed by atoms with Crippen LogP contribution in [-0.2, 0) is 9.53 Å². The number of carbonyl (C=O) groups excluding carboxylic acids is 1. The summed E-state index contributed by atoms with van der Waals surface area (Å²) < 4.78 is 10.6. The lowest BCUT2D eigenvalue weighted by Crippen LogP contribution is -2.46. The molecule has 2 aromatic rings. The van der Waals surface area contributed by atoms with Crippen molar-refractivity contribution in [2.24, 2.45) is 0 Å². The molecule has 3 heterocycles. The first-order valence-corrected chi connectivity index (χ1v) is 8.77. The maximum Gasteiger partial charge on any atom is 0.318 e. The summed E-state index contributed by atoms with van der Waals surface area (Å²) >= 11 is 0. The van der Waals surface area contributed by atoms with E-state index in [9.17, 15) is 4.79 Å². The van der Waals surface area contributed by atoms with E-state index in [4.69, 9.17) is 9.47 Å². The molecule has 1 N–H and O–H groups in total. The van der Waals surface area contributed by atoms with Crippen molar-refractivity contribution >= 4 is 17.4 Å². The SMILES string of the molecule is COc1nc(C)cc(N2CC(CC3COCC(=O)N3)c3ccccc32)n1. The van der Waals surface area contributed by atoms with E-state index in [1.165, 1.54) is 5.56 Å². The van der Waals surface area contributed by atoms with Crippen molar-refractivity contribution in [2.75, 3.05) is 31.8 Å². The van der Waals surface area contributed by atoms with Crippen molar-refractivity contribution in [1.82, 2.24) is 15.3 Å². The molecule has 0 aliphatic carbocycles. The van der Waals surface area contributed by atoms with Crippen LogP contribution in [0, 0.1) is 6.92 Å². The van der Waals surface area contributed by atoms with Gasteiger partial charge in [-0.2, -0.15) is 4.98 Å². The van der Waals surface area contributed by atoms with Gasteiger partial charge >= 0.3 is 6.01 Å². The van der Waals surface area contributed by atoms with Crippen molar-refractivity contribution in [3.63, 3.8) is 0 Å². The van der Waals surface area contributed by atoms with Crippen LogP contribution in [0.1, 0.15) is 23.6 Å². The van der Waals surface area contributed by atoms with Crippen molar-refractivity contribution in [3.05, 3.63) is 41.6 Å². The molecule has 1 fully saturated rings. The average Bonchev–Trinajstić information content (AvgIpc) is 3.00. The molecule has 2 atom stereocenters. The number of morpholine rings is 1. The van der Waals surface area contributed by atoms with Gasteiger partial charge in [0.15, 0.2) is 0 Å². The first-order valence-electron chi connectivity index (χ1n) is 8.77. The zero-order valence-electron chi connectivity index (χ0n) is 14.9. The largest absolute Gasteiger partial charge is 0.467 e. The van der Waals surface area contributed by atoms with Gasteiger partial charge < -0.3 is 19.7 Å². The molecule has 0 saturated carbocycles. The molecule has 7 nitrogen and oxygen atoms in total. The molecular formula is C19H22N4O3. The van der Waals surface area contributed by atoms with Crippen molar-refractivity contribution in [3.8, 4) is 6.01 Å². The van der Waals surface area contributed by atoms with Crippen LogP contribution in [0.4, 0.5) is 11.5 Å². The van der Waals surface area contributed by atoms with Crippen molar-refractivity contribution in [1.29, 1.82) is 0 Å². The number of rotatable bonds is 4. The second kappa shape index (κ2) is 6.92. The number of nitrogens with zero attached hydrogens (tertiary/aromatic N) is 3. The van der Waals surface area contributed by atoms with Gasteiger partial charge in [-0.25, -0.2) is 4.98 Å². The van der Waals surface area contributed by atoms with Crippen LogP contribution in [0.2, 0.25) is 0 Å². The minimum absolute atomic E-state index is 0.0379. The van der Waals surface area contributed by atoms with Gasteiger partial charge in [0.05, 0.1) is 19.8 Å². The molecule has 2 aliphatic rings. The van der Waals surface area contributed by atoms with Gasteiger partial charge in [0.2, 0.25) is 5.91 Å². The van der Waals surface area contributed by atoms with E-state index < -0.39 is 0 Å². The van der Waals surface area contributed by atoms with E-state index in [-0.39, 0.29) is 18.6 Å². The molecule has 7 heteroatoms. The van der Waals surface area contributed by atoms with Crippen LogP contribution in [0.25, 0.3) is 0 Å². The zero-order valence-corrected chi connectivity index (χ0v) is 14.9. The second-order valence-corrected chi connectivity index (χ2v) is 6.74. The molecule has 1 aromatic carbocycles. The number of carbonyl (C=O) groups is 1. The topological polar surface area (TPSA) is 76.6 Å². The van der Waals surface area contributed by atoms with Crippen LogP contribution in [-0.4, -0.2) is 48.8 Å². The molecule has 0 spiro atoms. The van der Waals surface area contributed by atoms with Crippen LogP contribution in [0.15, 0.2) is 30.3 Å². The Morgan fingerprint density at radius 3 is 3.00 bits per heavy atom. The number of benzene rings is 1. The number of fused-ring (bicyclic) bond motifs is 1. The average molecular weight is 354 g/mol. The molecule has 1 aromatic heterocycles. The minimum Gasteiger partial charge on any atom is -0.467 e. The Morgan fingerprint density at radius 1 is 1.35 bits per heavy atom. The van der Waals surface area contributed by atoms with Gasteiger partial charge in [-0.05, 0) is 25.0 Å². The fourth-order valence-electron chi connectivity index (χ4n) is 3.74. The number of anilines is 2. The van der Waals surface area contributed by atoms with Crippen LogP contribution in [0.3, 0.4) is 0 Å². The van der Waals surface area contributed by atoms with E-state index in [1.807, 2.05) is 19.1 Å². The van der Waals surface area contributed by atoms with E-state index in [1.54, 1.807) is 7.11 Å². The smallest absolute Gasteiger partial charge is 0.318 e. The number of amides is 1. The van der Waals surface area contributed by atoms with Crippen molar-refractivity contribution in [2.45, 2.75) is 25.3 Å². The predicted molar refractivity (Wildman–Crippen MR) is 96.9 cm³/mol. The summed E-state index contributed by atoms with van der Waals surface area (Å²) in [6, 6.07) is 10.7. The van der Waals surface area contributed by atoms with Gasteiger partial charge in [0.25, 0.3) is 0 Å². The predicted octanol–water partition coefficient (Wildman–Crippen LogP) is 1.93. The lowest BCUT2D eigenvalue weighted by Gasteiger charge is -2.26. The molecule has 136 valence electrons. The third-order valence-corrected chi connectivity index (χ3v) is 4.84. The van der Waals surface area contributed by atoms with Crippen LogP contribution in [0.5, 0.6) is 6.01 Å². The summed E-state index contributed by atoms with van der Waals surface area (Å²) in [6.07, 6.45) is 0.834. The second-order valence-electron chi connectivity index (χ2n) is 6.74. The maximum atomic E-state index is 11.6. The molecule has 1 saturated heterocycles. The fraction of sp³-hybridized carbons (Fsp3) is 0.421. The number of ether oxygens (including phenoxy) is 2. The number of aromatic nitrogens is 2. The summed E-state index contributed by atoms with van der Waals surface area (Å²) in [5.41, 5.74) is 3.27. The molecule has 2 aliphatic heterocycles. The van der Waals surface area contributed by atoms with E-state index >= 15 is 0 Å². The Balaban J connectivity index is 1.62. The standard InChI is InChI=1S/C19H22N4O3/c1-12-7-17(22-19(20-12)25-2)23-9-13(15-5-3-4-6-16(15)23)8-14-10-26-11-18(24)21-14/h3-7,13-14H,8-11H2,1-2H3,(H,21,24). The lowest BCUT2D eigenvalue weighted by molar-refractivity contribution is -0.131. The van der Waals surface area contributed by atoms with Gasteiger partial charge in [0.1, 0.15) is 12.4 Å². The van der Waals surface area contributed by atoms with E-state index in [2.05, 4.69) is 38.4 Å². The fourth-order valence-corrected chi connectivity index (χ4v) is 3.74. The highest BCUT2D eigenvalue weighted by Crippen LogP contribution is 2.42. The lowest BCUT2D eigenvalue weighted by atomic mass is 9.94. The number of methoxy groups -OCH3 is 1. The molecule has 1 amide bonds. The molecule has 0 radical (unpaired) electrons. The first kappa shape index (κ1) is 16.8. The van der Waals surface area contributed by atoms with Crippen molar-refractivity contribution < 1.29 is 14.3 Å². The van der Waals surface area contributed by atoms with Gasteiger partial charge in [0, 0.05) is 29.9 Å². The summed E-state index contributed by atoms with van der Waals surface area (Å²) in [5, 5.41) is 3.03. The Labute approximate surface area is 152 Å². The summed E-state index contributed by atoms with van der Waals surface area (Å²) in [5.74, 6) is 1.08. The number of hydrogen-bond acceptors (Lipinski definition) is 6. The molecule has 2 unspecified atom stereocenters. The zero-order chi connectivity index (χ0) is 18.1. The van der Waals surface area contributed by atoms with Crippen LogP contribution >= 0.6 is 0 Å². The number of hydrogen-bond donors (Lipinski definition) is 1. The van der Waals surface area contributed by atoms with Crippen LogP contribution < -0.4 is 15.0 Å². The monoisotopic (exact) mass is 354 g/mol. The van der Waals surface area contributed by atoms with E-state index in [0.717, 1.165) is 30.2 Å². The third-order valence-electron chi connectivity index (χ3n) is 4.84. The Hall–Kier alpha value is -2.67. The van der Waals surface area contributed by atoms with Gasteiger partial charge in [-0.15, -0.1) is 0 Å². The quantitative estimate of drug-likeness (QED) is 0.904. The highest BCUT2D eigenvalue weighted by atomic mass is 16.5. The van der Waals surface area contributed by atoms with Gasteiger partial charge in [-0.1, -0.05) is 18.2 Å². The Kier molecular flexibility index (Phi) is 4.46. The Morgan fingerprint density at radius 2 is 2.19 bits per heavy atom. The molecular weight excluding hydrogens is 332 g/mol. The third kappa shape index (κ3) is 3.22. The highest BCUT2D eigenvalue weighted by Gasteiger charge is 2.33. The summed E-state index contributed by atoms with van der Waals surface area (Å²) in [7, 11) is 1.57. The molecule has 4 rings (SSSR count). The Bertz CT molecular complexity index is 826. The van der Waals surface area contributed by atoms with E-state index in [0.29, 0.717) is 18.5 Å². The summed E-state index contributed by atoms with van der Waals surface area (Å²) in [6.45, 7) is 3.45. The minimum atomic E-state index is -0.0412. The number of nitrogens with one attached hydrogen (secondary N) is 1. The first-order chi connectivity index (χ1) is 12.6. The normalized spacial score (nSPS) is 22.1. The summed E-state index contributed by atoms with van der Waals surface area (Å²) in [4.78, 5) is 22.6. The maximum absolute atomic E-state index is 11.6. The highest BCUT2D eigenvalue weighted by molar-refractivity contribution is 5.78. The van der Waals surface area contributed by atoms with Gasteiger partial charge in [-0.3, -0.25) is 4.79 Å². The molecule has 0 bridgehead atoms. The number of aryl methyl sites for hydroxylation is 1. The number of para-hydroxylation sites is 1.